The number of aliphatic hydroxyl groups is 1. The van der Waals surface area contributed by atoms with E-state index in [0.29, 0.717) is 11.5 Å². The highest BCUT2D eigenvalue weighted by molar-refractivity contribution is 5.67. The average molecular weight is 385 g/mol. The first-order valence-corrected chi connectivity index (χ1v) is 8.85. The summed E-state index contributed by atoms with van der Waals surface area (Å²) in [6, 6.07) is 8.27. The molecule has 1 atom stereocenters. The van der Waals surface area contributed by atoms with Gasteiger partial charge in [0.05, 0.1) is 24.0 Å². The molecule has 0 bridgehead atoms. The third-order valence-electron chi connectivity index (χ3n) is 4.19. The standard InChI is InChI=1S/C20H21F2N5O/c1-12(2)18(11-28)26-20-25-17(13-4-3-7-23-10-13)9-19(27-20)24-16-6-5-14(21)8-15(16)22/h3-10,12,18,28H,11H2,1-2H3,(H2,24,25,26,27)/t18-/m1/s1. The quantitative estimate of drug-likeness (QED) is 0.570. The Morgan fingerprint density at radius 2 is 1.93 bits per heavy atom. The summed E-state index contributed by atoms with van der Waals surface area (Å²) < 4.78 is 27.2. The molecule has 0 radical (unpaired) electrons. The number of hydrogen-bond acceptors (Lipinski definition) is 6. The van der Waals surface area contributed by atoms with Crippen LogP contribution < -0.4 is 10.6 Å². The van der Waals surface area contributed by atoms with Gasteiger partial charge < -0.3 is 15.7 Å². The molecule has 2 heterocycles. The summed E-state index contributed by atoms with van der Waals surface area (Å²) in [6.45, 7) is 3.84. The minimum atomic E-state index is -0.730. The second-order valence-corrected chi connectivity index (χ2v) is 6.63. The fraction of sp³-hybridized carbons (Fsp3) is 0.250. The number of rotatable bonds is 7. The molecule has 2 aromatic heterocycles. The molecule has 146 valence electrons. The van der Waals surface area contributed by atoms with Crippen molar-refractivity contribution < 1.29 is 13.9 Å². The third kappa shape index (κ3) is 4.77. The van der Waals surface area contributed by atoms with Gasteiger partial charge in [-0.2, -0.15) is 4.98 Å². The second kappa shape index (κ2) is 8.71. The molecule has 1 aromatic carbocycles. The van der Waals surface area contributed by atoms with Crippen molar-refractivity contribution in [2.24, 2.45) is 5.92 Å². The second-order valence-electron chi connectivity index (χ2n) is 6.63. The smallest absolute Gasteiger partial charge is 0.225 e. The van der Waals surface area contributed by atoms with Gasteiger partial charge in [-0.15, -0.1) is 0 Å². The van der Waals surface area contributed by atoms with Crippen LogP contribution in [0.15, 0.2) is 48.8 Å². The van der Waals surface area contributed by atoms with Crippen molar-refractivity contribution in [3.63, 3.8) is 0 Å². The Morgan fingerprint density at radius 3 is 2.57 bits per heavy atom. The topological polar surface area (TPSA) is 83.0 Å². The van der Waals surface area contributed by atoms with Crippen molar-refractivity contribution in [1.29, 1.82) is 0 Å². The Balaban J connectivity index is 1.99. The lowest BCUT2D eigenvalue weighted by Crippen LogP contribution is -2.30. The number of halogens is 2. The van der Waals surface area contributed by atoms with Crippen LogP contribution in [0.25, 0.3) is 11.3 Å². The van der Waals surface area contributed by atoms with E-state index in [1.54, 1.807) is 24.5 Å². The maximum Gasteiger partial charge on any atom is 0.225 e. The van der Waals surface area contributed by atoms with E-state index in [4.69, 9.17) is 0 Å². The lowest BCUT2D eigenvalue weighted by atomic mass is 10.1. The maximum absolute atomic E-state index is 14.0. The molecule has 3 rings (SSSR count). The van der Waals surface area contributed by atoms with Crippen LogP contribution in [0.2, 0.25) is 0 Å². The number of nitrogens with one attached hydrogen (secondary N) is 2. The minimum absolute atomic E-state index is 0.0887. The van der Waals surface area contributed by atoms with Gasteiger partial charge in [-0.05, 0) is 30.2 Å². The molecular weight excluding hydrogens is 364 g/mol. The number of hydrogen-bond donors (Lipinski definition) is 3. The predicted molar refractivity (Wildman–Crippen MR) is 104 cm³/mol. The first-order valence-electron chi connectivity index (χ1n) is 8.85. The van der Waals surface area contributed by atoms with Crippen LogP contribution in [-0.2, 0) is 0 Å². The van der Waals surface area contributed by atoms with Gasteiger partial charge >= 0.3 is 0 Å². The number of aliphatic hydroxyl groups excluding tert-OH is 1. The van der Waals surface area contributed by atoms with Crippen molar-refractivity contribution in [3.05, 3.63) is 60.4 Å². The molecule has 6 nitrogen and oxygen atoms in total. The first kappa shape index (κ1) is 19.6. The van der Waals surface area contributed by atoms with E-state index in [1.807, 2.05) is 19.9 Å². The maximum atomic E-state index is 14.0. The van der Waals surface area contributed by atoms with Crippen LogP contribution in [0.5, 0.6) is 0 Å². The van der Waals surface area contributed by atoms with Crippen LogP contribution in [0.1, 0.15) is 13.8 Å². The molecule has 0 saturated carbocycles. The molecule has 8 heteroatoms. The van der Waals surface area contributed by atoms with Gasteiger partial charge in [-0.3, -0.25) is 4.98 Å². The van der Waals surface area contributed by atoms with Crippen LogP contribution in [-0.4, -0.2) is 32.7 Å². The van der Waals surface area contributed by atoms with Gasteiger partial charge in [0, 0.05) is 30.1 Å². The average Bonchev–Trinajstić information content (AvgIpc) is 2.68. The van der Waals surface area contributed by atoms with Gasteiger partial charge in [0.1, 0.15) is 17.5 Å². The Bertz CT molecular complexity index is 937. The SMILES string of the molecule is CC(C)[C@@H](CO)Nc1nc(Nc2ccc(F)cc2F)cc(-c2cccnc2)n1. The van der Waals surface area contributed by atoms with Gasteiger partial charge in [-0.25, -0.2) is 13.8 Å². The Labute approximate surface area is 161 Å². The Hall–Kier alpha value is -3.13. The highest BCUT2D eigenvalue weighted by atomic mass is 19.1. The van der Waals surface area contributed by atoms with E-state index in [0.717, 1.165) is 17.7 Å². The van der Waals surface area contributed by atoms with E-state index >= 15 is 0 Å². The predicted octanol–water partition coefficient (Wildman–Crippen LogP) is 3.99. The first-order chi connectivity index (χ1) is 13.5. The zero-order valence-electron chi connectivity index (χ0n) is 15.5. The van der Waals surface area contributed by atoms with Crippen molar-refractivity contribution in [2.45, 2.75) is 19.9 Å². The molecule has 0 fully saturated rings. The molecule has 3 N–H and O–H groups in total. The number of anilines is 3. The molecule has 0 saturated heterocycles. The van der Waals surface area contributed by atoms with Crippen molar-refractivity contribution in [1.82, 2.24) is 15.0 Å². The van der Waals surface area contributed by atoms with Crippen LogP contribution in [0.4, 0.5) is 26.2 Å². The molecule has 0 aliphatic rings. The summed E-state index contributed by atoms with van der Waals surface area (Å²) in [6.07, 6.45) is 3.30. The van der Waals surface area contributed by atoms with E-state index in [1.165, 1.54) is 6.07 Å². The fourth-order valence-corrected chi connectivity index (χ4v) is 2.56. The molecule has 28 heavy (non-hydrogen) atoms. The lowest BCUT2D eigenvalue weighted by molar-refractivity contribution is 0.248. The fourth-order valence-electron chi connectivity index (χ4n) is 2.56. The molecule has 0 aliphatic heterocycles. The molecule has 0 spiro atoms. The summed E-state index contributed by atoms with van der Waals surface area (Å²) in [5.41, 5.74) is 1.41. The monoisotopic (exact) mass is 385 g/mol. The lowest BCUT2D eigenvalue weighted by Gasteiger charge is -2.20. The van der Waals surface area contributed by atoms with Gasteiger partial charge in [0.2, 0.25) is 5.95 Å². The van der Waals surface area contributed by atoms with Crippen LogP contribution in [0.3, 0.4) is 0 Å². The largest absolute Gasteiger partial charge is 0.394 e. The van der Waals surface area contributed by atoms with Crippen molar-refractivity contribution in [2.75, 3.05) is 17.2 Å². The summed E-state index contributed by atoms with van der Waals surface area (Å²) in [5.74, 6) is -0.652. The minimum Gasteiger partial charge on any atom is -0.394 e. The highest BCUT2D eigenvalue weighted by Crippen LogP contribution is 2.25. The van der Waals surface area contributed by atoms with Gasteiger partial charge in [-0.1, -0.05) is 13.8 Å². The van der Waals surface area contributed by atoms with Crippen molar-refractivity contribution in [3.8, 4) is 11.3 Å². The summed E-state index contributed by atoms with van der Waals surface area (Å²) in [4.78, 5) is 12.9. The van der Waals surface area contributed by atoms with E-state index in [2.05, 4.69) is 25.6 Å². The Kier molecular flexibility index (Phi) is 6.10. The number of aromatic nitrogens is 3. The number of pyridine rings is 1. The normalized spacial score (nSPS) is 12.1. The number of benzene rings is 1. The van der Waals surface area contributed by atoms with E-state index in [9.17, 15) is 13.9 Å². The van der Waals surface area contributed by atoms with E-state index < -0.39 is 11.6 Å². The molecule has 0 unspecified atom stereocenters. The zero-order chi connectivity index (χ0) is 20.1. The van der Waals surface area contributed by atoms with Crippen LogP contribution in [0, 0.1) is 17.6 Å². The number of nitrogens with zero attached hydrogens (tertiary/aromatic N) is 3. The van der Waals surface area contributed by atoms with Crippen LogP contribution >= 0.6 is 0 Å². The summed E-state index contributed by atoms with van der Waals surface area (Å²) in [5, 5.41) is 15.5. The highest BCUT2D eigenvalue weighted by Gasteiger charge is 2.15. The summed E-state index contributed by atoms with van der Waals surface area (Å²) >= 11 is 0. The molecular formula is C20H21F2N5O. The van der Waals surface area contributed by atoms with Gasteiger partial charge in [0.25, 0.3) is 0 Å². The Morgan fingerprint density at radius 1 is 1.11 bits per heavy atom. The van der Waals surface area contributed by atoms with E-state index in [-0.39, 0.29) is 30.2 Å². The zero-order valence-corrected chi connectivity index (χ0v) is 15.5. The molecule has 3 aromatic rings. The third-order valence-corrected chi connectivity index (χ3v) is 4.19. The molecule has 0 aliphatic carbocycles. The molecule has 0 amide bonds. The van der Waals surface area contributed by atoms with Crippen molar-refractivity contribution >= 4 is 17.5 Å². The van der Waals surface area contributed by atoms with Gasteiger partial charge in [0.15, 0.2) is 0 Å². The summed E-state index contributed by atoms with van der Waals surface area (Å²) in [7, 11) is 0.